The average Bonchev–Trinajstić information content (AvgIpc) is 3.33. The Morgan fingerprint density at radius 3 is 2.37 bits per heavy atom. The van der Waals surface area contributed by atoms with Crippen LogP contribution in [0.15, 0.2) is 83.0 Å². The molecule has 5 rings (SSSR count). The van der Waals surface area contributed by atoms with E-state index in [4.69, 9.17) is 16.1 Å². The third-order valence-electron chi connectivity index (χ3n) is 6.02. The van der Waals surface area contributed by atoms with Crippen molar-refractivity contribution >= 4 is 23.2 Å². The van der Waals surface area contributed by atoms with Gasteiger partial charge in [0.1, 0.15) is 5.82 Å². The molecular formula is C27H22ClFN4O2. The molecule has 0 fully saturated rings. The molecule has 2 heterocycles. The molecule has 0 saturated carbocycles. The Morgan fingerprint density at radius 2 is 1.69 bits per heavy atom. The largest absolute Gasteiger partial charge is 0.334 e. The number of allylic oxidation sites excluding steroid dienone is 1. The van der Waals surface area contributed by atoms with Crippen LogP contribution in [0.2, 0.25) is 5.02 Å². The van der Waals surface area contributed by atoms with Crippen LogP contribution < -0.4 is 5.32 Å². The molecule has 176 valence electrons. The number of carbonyl (C=O) groups is 1. The van der Waals surface area contributed by atoms with Crippen molar-refractivity contribution in [3.63, 3.8) is 0 Å². The molecule has 8 heteroatoms. The van der Waals surface area contributed by atoms with E-state index in [1.165, 1.54) is 12.1 Å². The zero-order valence-electron chi connectivity index (χ0n) is 19.1. The first-order valence-corrected chi connectivity index (χ1v) is 11.5. The highest BCUT2D eigenvalue weighted by molar-refractivity contribution is 6.30. The predicted molar refractivity (Wildman–Crippen MR) is 132 cm³/mol. The minimum absolute atomic E-state index is 0.231. The van der Waals surface area contributed by atoms with E-state index in [1.807, 2.05) is 50.2 Å². The Balaban J connectivity index is 1.58. The number of nitrogens with zero attached hydrogens (tertiary/aromatic N) is 3. The van der Waals surface area contributed by atoms with Crippen molar-refractivity contribution in [2.75, 3.05) is 0 Å². The number of amides is 2. The van der Waals surface area contributed by atoms with Gasteiger partial charge in [-0.2, -0.15) is 4.98 Å². The molecule has 1 unspecified atom stereocenters. The summed E-state index contributed by atoms with van der Waals surface area (Å²) in [5.41, 5.74) is 4.95. The number of halogens is 2. The molecule has 1 atom stereocenters. The molecule has 0 saturated heterocycles. The van der Waals surface area contributed by atoms with Crippen LogP contribution in [0, 0.1) is 12.7 Å². The number of hydrogen-bond acceptors (Lipinski definition) is 4. The smallest absolute Gasteiger partial charge is 0.322 e. The number of urea groups is 1. The Hall–Kier alpha value is -3.97. The highest BCUT2D eigenvalue weighted by Crippen LogP contribution is 2.38. The molecule has 0 radical (unpaired) electrons. The Morgan fingerprint density at radius 1 is 1.00 bits per heavy atom. The van der Waals surface area contributed by atoms with Crippen molar-refractivity contribution in [1.82, 2.24) is 20.4 Å². The number of benzene rings is 3. The molecule has 0 spiro atoms. The van der Waals surface area contributed by atoms with Crippen LogP contribution >= 0.6 is 11.6 Å². The van der Waals surface area contributed by atoms with Crippen LogP contribution in [0.25, 0.3) is 17.0 Å². The van der Waals surface area contributed by atoms with Crippen LogP contribution in [0.4, 0.5) is 9.18 Å². The third-order valence-corrected chi connectivity index (χ3v) is 6.27. The molecule has 4 aromatic rings. The van der Waals surface area contributed by atoms with Gasteiger partial charge in [-0.3, -0.25) is 4.90 Å². The molecule has 35 heavy (non-hydrogen) atoms. The topological polar surface area (TPSA) is 71.3 Å². The minimum Gasteiger partial charge on any atom is -0.334 e. The van der Waals surface area contributed by atoms with E-state index < -0.39 is 6.04 Å². The highest BCUT2D eigenvalue weighted by Gasteiger charge is 2.35. The minimum atomic E-state index is -0.480. The first-order chi connectivity index (χ1) is 16.9. The maximum absolute atomic E-state index is 13.4. The quantitative estimate of drug-likeness (QED) is 0.346. The lowest BCUT2D eigenvalue weighted by Crippen LogP contribution is -2.45. The average molecular weight is 489 g/mol. The van der Waals surface area contributed by atoms with E-state index in [2.05, 4.69) is 15.5 Å². The van der Waals surface area contributed by atoms with Crippen LogP contribution in [-0.2, 0) is 6.54 Å². The Bertz CT molecular complexity index is 1400. The lowest BCUT2D eigenvalue weighted by molar-refractivity contribution is 0.203. The van der Waals surface area contributed by atoms with Gasteiger partial charge in [-0.05, 0) is 61.4 Å². The molecule has 2 amide bonds. The van der Waals surface area contributed by atoms with Gasteiger partial charge >= 0.3 is 6.03 Å². The summed E-state index contributed by atoms with van der Waals surface area (Å²) in [7, 11) is 0. The maximum atomic E-state index is 13.4. The van der Waals surface area contributed by atoms with Crippen molar-refractivity contribution in [2.45, 2.75) is 26.4 Å². The summed E-state index contributed by atoms with van der Waals surface area (Å²) in [6.07, 6.45) is 0. The molecule has 1 aliphatic rings. The fourth-order valence-corrected chi connectivity index (χ4v) is 4.21. The SMILES string of the molecule is CC1=C(c2nc(-c3ccc(F)cc3)no2)C(c2ccc(C)cc2)NC(=O)N1Cc1ccc(Cl)cc1. The number of nitrogens with one attached hydrogen (secondary N) is 1. The van der Waals surface area contributed by atoms with Gasteiger partial charge in [-0.15, -0.1) is 0 Å². The number of rotatable bonds is 5. The molecule has 1 aromatic heterocycles. The van der Waals surface area contributed by atoms with Gasteiger partial charge in [0.15, 0.2) is 0 Å². The normalized spacial score (nSPS) is 15.9. The Kier molecular flexibility index (Phi) is 6.09. The van der Waals surface area contributed by atoms with Gasteiger partial charge in [0.05, 0.1) is 18.2 Å². The van der Waals surface area contributed by atoms with E-state index in [1.54, 1.807) is 29.2 Å². The van der Waals surface area contributed by atoms with Gasteiger partial charge in [-0.1, -0.05) is 58.7 Å². The number of aromatic nitrogens is 2. The van der Waals surface area contributed by atoms with Gasteiger partial charge in [0, 0.05) is 16.3 Å². The summed E-state index contributed by atoms with van der Waals surface area (Å²) in [5, 5.41) is 7.84. The highest BCUT2D eigenvalue weighted by atomic mass is 35.5. The number of carbonyl (C=O) groups excluding carboxylic acids is 1. The van der Waals surface area contributed by atoms with Gasteiger partial charge in [0.25, 0.3) is 5.89 Å². The summed E-state index contributed by atoms with van der Waals surface area (Å²) in [6, 6.07) is 20.5. The monoisotopic (exact) mass is 488 g/mol. The van der Waals surface area contributed by atoms with Crippen molar-refractivity contribution in [3.05, 3.63) is 112 Å². The molecule has 3 aromatic carbocycles. The number of hydrogen-bond donors (Lipinski definition) is 1. The predicted octanol–water partition coefficient (Wildman–Crippen LogP) is 6.54. The van der Waals surface area contributed by atoms with Gasteiger partial charge in [0.2, 0.25) is 5.82 Å². The summed E-state index contributed by atoms with van der Waals surface area (Å²) in [4.78, 5) is 19.5. The zero-order chi connectivity index (χ0) is 24.5. The van der Waals surface area contributed by atoms with E-state index in [-0.39, 0.29) is 17.7 Å². The van der Waals surface area contributed by atoms with E-state index >= 15 is 0 Å². The van der Waals surface area contributed by atoms with Gasteiger partial charge < -0.3 is 9.84 Å². The van der Waals surface area contributed by atoms with Crippen LogP contribution in [0.5, 0.6) is 0 Å². The van der Waals surface area contributed by atoms with Crippen molar-refractivity contribution in [1.29, 1.82) is 0 Å². The summed E-state index contributed by atoms with van der Waals surface area (Å²) in [5.74, 6) is 0.279. The van der Waals surface area contributed by atoms with Crippen LogP contribution in [0.1, 0.15) is 35.5 Å². The van der Waals surface area contributed by atoms with E-state index in [0.29, 0.717) is 34.2 Å². The fraction of sp³-hybridized carbons (Fsp3) is 0.148. The van der Waals surface area contributed by atoms with E-state index in [9.17, 15) is 9.18 Å². The van der Waals surface area contributed by atoms with Gasteiger partial charge in [-0.25, -0.2) is 9.18 Å². The standard InChI is InChI=1S/C27H22ClFN4O2/c1-16-3-7-19(8-4-16)24-23(26-31-25(32-35-26)20-9-13-22(29)14-10-20)17(2)33(27(34)30-24)15-18-5-11-21(28)12-6-18/h3-14,24H,15H2,1-2H3,(H,30,34). The third kappa shape index (κ3) is 4.68. The molecule has 6 nitrogen and oxygen atoms in total. The second-order valence-electron chi connectivity index (χ2n) is 8.43. The maximum Gasteiger partial charge on any atom is 0.322 e. The lowest BCUT2D eigenvalue weighted by atomic mass is 9.94. The molecule has 0 bridgehead atoms. The lowest BCUT2D eigenvalue weighted by Gasteiger charge is -2.35. The second-order valence-corrected chi connectivity index (χ2v) is 8.87. The Labute approximate surface area is 207 Å². The second kappa shape index (κ2) is 9.35. The van der Waals surface area contributed by atoms with Crippen LogP contribution in [-0.4, -0.2) is 21.1 Å². The van der Waals surface area contributed by atoms with E-state index in [0.717, 1.165) is 16.7 Å². The number of aryl methyl sites for hydroxylation is 1. The van der Waals surface area contributed by atoms with Crippen molar-refractivity contribution < 1.29 is 13.7 Å². The molecular weight excluding hydrogens is 467 g/mol. The summed E-state index contributed by atoms with van der Waals surface area (Å²) >= 11 is 6.02. The molecule has 1 N–H and O–H groups in total. The summed E-state index contributed by atoms with van der Waals surface area (Å²) in [6.45, 7) is 4.22. The first-order valence-electron chi connectivity index (χ1n) is 11.1. The van der Waals surface area contributed by atoms with Crippen molar-refractivity contribution in [3.8, 4) is 11.4 Å². The van der Waals surface area contributed by atoms with Crippen LogP contribution in [0.3, 0.4) is 0 Å². The summed E-state index contributed by atoms with van der Waals surface area (Å²) < 4.78 is 19.0. The molecule has 1 aliphatic heterocycles. The fourth-order valence-electron chi connectivity index (χ4n) is 4.08. The molecule has 0 aliphatic carbocycles. The zero-order valence-corrected chi connectivity index (χ0v) is 19.9. The van der Waals surface area contributed by atoms with Crippen molar-refractivity contribution in [2.24, 2.45) is 0 Å². The first kappa shape index (κ1) is 22.8.